The predicted molar refractivity (Wildman–Crippen MR) is 91.4 cm³/mol. The van der Waals surface area contributed by atoms with Crippen LogP contribution in [0.1, 0.15) is 18.4 Å². The number of benzene rings is 1. The number of likely N-dealkylation sites (N-methyl/N-ethyl adjacent to an activating group) is 1. The third-order valence-corrected chi connectivity index (χ3v) is 4.58. The van der Waals surface area contributed by atoms with Gasteiger partial charge in [-0.25, -0.2) is 0 Å². The molecule has 2 amide bonds. The Morgan fingerprint density at radius 1 is 1.32 bits per heavy atom. The molecule has 5 heteroatoms. The van der Waals surface area contributed by atoms with Crippen molar-refractivity contribution in [3.8, 4) is 0 Å². The van der Waals surface area contributed by atoms with Crippen molar-refractivity contribution in [3.63, 3.8) is 0 Å². The summed E-state index contributed by atoms with van der Waals surface area (Å²) < 4.78 is 0. The first-order valence-corrected chi connectivity index (χ1v) is 8.55. The molecule has 0 aliphatic carbocycles. The first-order valence-electron chi connectivity index (χ1n) is 7.39. The molecule has 0 saturated carbocycles. The van der Waals surface area contributed by atoms with E-state index >= 15 is 0 Å². The molecule has 0 N–H and O–H groups in total. The highest BCUT2D eigenvalue weighted by Crippen LogP contribution is 2.23. The lowest BCUT2D eigenvalue weighted by Crippen LogP contribution is -2.46. The van der Waals surface area contributed by atoms with Crippen molar-refractivity contribution in [2.75, 3.05) is 25.7 Å². The number of carbonyl (C=O) groups is 2. The van der Waals surface area contributed by atoms with Crippen LogP contribution in [0.15, 0.2) is 36.4 Å². The van der Waals surface area contributed by atoms with Gasteiger partial charge in [-0.1, -0.05) is 42.5 Å². The summed E-state index contributed by atoms with van der Waals surface area (Å²) >= 11 is 1.64. The summed E-state index contributed by atoms with van der Waals surface area (Å²) in [7, 11) is 3.47. The monoisotopic (exact) mass is 318 g/mol. The van der Waals surface area contributed by atoms with E-state index in [1.165, 1.54) is 0 Å². The van der Waals surface area contributed by atoms with Crippen LogP contribution in [0, 0.1) is 0 Å². The maximum Gasteiger partial charge on any atom is 0.245 e. The molecule has 1 aliphatic heterocycles. The van der Waals surface area contributed by atoms with Crippen LogP contribution in [0.4, 0.5) is 0 Å². The summed E-state index contributed by atoms with van der Waals surface area (Å²) in [5.74, 6) is 1.38. The molecule has 2 rings (SSSR count). The standard InChI is InChI=1S/C17H22N2O2S/c1-18(2)17(21)15-12-22-13-19(15)16(20)11-7-6-10-14-8-4-3-5-9-14/h3-6,8-10,15H,7,11-13H2,1-2H3. The number of amides is 2. The van der Waals surface area contributed by atoms with Crippen molar-refractivity contribution in [3.05, 3.63) is 42.0 Å². The minimum absolute atomic E-state index is 0.0122. The van der Waals surface area contributed by atoms with Gasteiger partial charge >= 0.3 is 0 Å². The number of hydrogen-bond donors (Lipinski definition) is 0. The molecule has 0 spiro atoms. The molecule has 1 aliphatic rings. The van der Waals surface area contributed by atoms with Gasteiger partial charge in [0.05, 0.1) is 5.88 Å². The van der Waals surface area contributed by atoms with Gasteiger partial charge in [0, 0.05) is 26.3 Å². The third-order valence-electron chi connectivity index (χ3n) is 3.56. The number of hydrogen-bond acceptors (Lipinski definition) is 3. The molecule has 1 saturated heterocycles. The SMILES string of the molecule is CN(C)C(=O)C1CSCN1C(=O)CCC=Cc1ccccc1. The van der Waals surface area contributed by atoms with E-state index in [-0.39, 0.29) is 17.9 Å². The van der Waals surface area contributed by atoms with Crippen molar-refractivity contribution in [1.82, 2.24) is 9.80 Å². The number of allylic oxidation sites excluding steroid dienone is 1. The highest BCUT2D eigenvalue weighted by Gasteiger charge is 2.34. The van der Waals surface area contributed by atoms with Gasteiger partial charge in [-0.05, 0) is 12.0 Å². The fraction of sp³-hybridized carbons (Fsp3) is 0.412. The van der Waals surface area contributed by atoms with Gasteiger partial charge in [-0.15, -0.1) is 11.8 Å². The lowest BCUT2D eigenvalue weighted by molar-refractivity contribution is -0.141. The molecular weight excluding hydrogens is 296 g/mol. The van der Waals surface area contributed by atoms with Crippen molar-refractivity contribution < 1.29 is 9.59 Å². The van der Waals surface area contributed by atoms with Crippen molar-refractivity contribution in [1.29, 1.82) is 0 Å². The zero-order valence-electron chi connectivity index (χ0n) is 13.1. The zero-order chi connectivity index (χ0) is 15.9. The Labute approximate surface area is 136 Å². The summed E-state index contributed by atoms with van der Waals surface area (Å²) in [6, 6.07) is 9.72. The van der Waals surface area contributed by atoms with Crippen molar-refractivity contribution in [2.45, 2.75) is 18.9 Å². The number of thioether (sulfide) groups is 1. The maximum atomic E-state index is 12.3. The predicted octanol–water partition coefficient (Wildman–Crippen LogP) is 2.47. The highest BCUT2D eigenvalue weighted by atomic mass is 32.2. The fourth-order valence-corrected chi connectivity index (χ4v) is 3.50. The average Bonchev–Trinajstić information content (AvgIpc) is 3.01. The van der Waals surface area contributed by atoms with Gasteiger partial charge in [0.2, 0.25) is 11.8 Å². The van der Waals surface area contributed by atoms with Gasteiger partial charge in [-0.3, -0.25) is 9.59 Å². The van der Waals surface area contributed by atoms with Gasteiger partial charge in [0.15, 0.2) is 0 Å². The molecule has 1 heterocycles. The summed E-state index contributed by atoms with van der Waals surface area (Å²) in [6.45, 7) is 0. The Hall–Kier alpha value is -1.75. The first kappa shape index (κ1) is 16.6. The summed E-state index contributed by atoms with van der Waals surface area (Å²) in [5.41, 5.74) is 1.13. The van der Waals surface area contributed by atoms with Gasteiger partial charge in [0.25, 0.3) is 0 Å². The molecule has 1 unspecified atom stereocenters. The molecule has 1 atom stereocenters. The quantitative estimate of drug-likeness (QED) is 0.837. The van der Waals surface area contributed by atoms with E-state index < -0.39 is 0 Å². The van der Waals surface area contributed by atoms with E-state index in [4.69, 9.17) is 0 Å². The molecule has 1 aromatic carbocycles. The second-order valence-corrected chi connectivity index (χ2v) is 6.46. The van der Waals surface area contributed by atoms with Crippen LogP contribution in [0.2, 0.25) is 0 Å². The van der Waals surface area contributed by atoms with E-state index in [9.17, 15) is 9.59 Å². The van der Waals surface area contributed by atoms with E-state index in [0.29, 0.717) is 24.5 Å². The molecule has 4 nitrogen and oxygen atoms in total. The summed E-state index contributed by atoms with van der Waals surface area (Å²) in [4.78, 5) is 27.7. The molecule has 22 heavy (non-hydrogen) atoms. The number of carbonyl (C=O) groups excluding carboxylic acids is 2. The lowest BCUT2D eigenvalue weighted by atomic mass is 10.1. The second-order valence-electron chi connectivity index (χ2n) is 5.46. The minimum Gasteiger partial charge on any atom is -0.347 e. The van der Waals surface area contributed by atoms with Crippen molar-refractivity contribution in [2.24, 2.45) is 0 Å². The van der Waals surface area contributed by atoms with Crippen LogP contribution in [0.3, 0.4) is 0 Å². The maximum absolute atomic E-state index is 12.3. The fourth-order valence-electron chi connectivity index (χ4n) is 2.33. The molecule has 0 aromatic heterocycles. The molecular formula is C17H22N2O2S. The molecule has 0 bridgehead atoms. The Balaban J connectivity index is 1.84. The van der Waals surface area contributed by atoms with Crippen molar-refractivity contribution >= 4 is 29.7 Å². The lowest BCUT2D eigenvalue weighted by Gasteiger charge is -2.25. The minimum atomic E-state index is -0.300. The summed E-state index contributed by atoms with van der Waals surface area (Å²) in [5, 5.41) is 0. The van der Waals surface area contributed by atoms with Crippen LogP contribution >= 0.6 is 11.8 Å². The topological polar surface area (TPSA) is 40.6 Å². The first-order chi connectivity index (χ1) is 10.6. The van der Waals surface area contributed by atoms with Gasteiger partial charge < -0.3 is 9.80 Å². The van der Waals surface area contributed by atoms with Crippen LogP contribution in [-0.2, 0) is 9.59 Å². The molecule has 118 valence electrons. The third kappa shape index (κ3) is 4.37. The Morgan fingerprint density at radius 3 is 2.73 bits per heavy atom. The van der Waals surface area contributed by atoms with E-state index in [2.05, 4.69) is 0 Å². The molecule has 1 aromatic rings. The summed E-state index contributed by atoms with van der Waals surface area (Å²) in [6.07, 6.45) is 5.17. The average molecular weight is 318 g/mol. The van der Waals surface area contributed by atoms with E-state index in [1.807, 2.05) is 42.5 Å². The van der Waals surface area contributed by atoms with Crippen LogP contribution in [0.25, 0.3) is 6.08 Å². The largest absolute Gasteiger partial charge is 0.347 e. The Bertz CT molecular complexity index is 543. The Kier molecular flexibility index (Phi) is 6.07. The highest BCUT2D eigenvalue weighted by molar-refractivity contribution is 7.99. The van der Waals surface area contributed by atoms with E-state index in [0.717, 1.165) is 5.56 Å². The van der Waals surface area contributed by atoms with Gasteiger partial charge in [0.1, 0.15) is 6.04 Å². The van der Waals surface area contributed by atoms with Crippen LogP contribution in [0.5, 0.6) is 0 Å². The Morgan fingerprint density at radius 2 is 2.05 bits per heavy atom. The second kappa shape index (κ2) is 8.03. The van der Waals surface area contributed by atoms with Crippen LogP contribution in [-0.4, -0.2) is 53.4 Å². The smallest absolute Gasteiger partial charge is 0.245 e. The normalized spacial score (nSPS) is 17.9. The zero-order valence-corrected chi connectivity index (χ0v) is 13.9. The molecule has 1 fully saturated rings. The van der Waals surface area contributed by atoms with Gasteiger partial charge in [-0.2, -0.15) is 0 Å². The molecule has 0 radical (unpaired) electrons. The van der Waals surface area contributed by atoms with E-state index in [1.54, 1.807) is 35.7 Å². The number of nitrogens with zero attached hydrogens (tertiary/aromatic N) is 2. The van der Waals surface area contributed by atoms with Crippen LogP contribution < -0.4 is 0 Å². The number of rotatable bonds is 5.